The van der Waals surface area contributed by atoms with E-state index >= 15 is 0 Å². The highest BCUT2D eigenvalue weighted by Gasteiger charge is 2.19. The molecule has 0 fully saturated rings. The van der Waals surface area contributed by atoms with Crippen molar-refractivity contribution in [3.63, 3.8) is 0 Å². The Kier molecular flexibility index (Phi) is 3.69. The summed E-state index contributed by atoms with van der Waals surface area (Å²) in [6.45, 7) is 1.83. The van der Waals surface area contributed by atoms with Gasteiger partial charge in [0.15, 0.2) is 0 Å². The third kappa shape index (κ3) is 2.76. The summed E-state index contributed by atoms with van der Waals surface area (Å²) in [4.78, 5) is 25.7. The van der Waals surface area contributed by atoms with Crippen LogP contribution < -0.4 is 5.32 Å². The van der Waals surface area contributed by atoms with Crippen molar-refractivity contribution in [2.24, 2.45) is 0 Å². The molecule has 9 heteroatoms. The predicted molar refractivity (Wildman–Crippen MR) is 66.8 cm³/mol. The number of rotatable bonds is 4. The van der Waals surface area contributed by atoms with Gasteiger partial charge in [-0.15, -0.1) is 5.10 Å². The number of nitrogens with one attached hydrogen (secondary N) is 2. The lowest BCUT2D eigenvalue weighted by Gasteiger charge is -2.03. The molecule has 20 heavy (non-hydrogen) atoms. The van der Waals surface area contributed by atoms with Gasteiger partial charge in [-0.1, -0.05) is 6.92 Å². The fourth-order valence-electron chi connectivity index (χ4n) is 1.49. The van der Waals surface area contributed by atoms with E-state index in [4.69, 9.17) is 0 Å². The third-order valence-electron chi connectivity index (χ3n) is 2.47. The van der Waals surface area contributed by atoms with Crippen LogP contribution in [0.25, 0.3) is 0 Å². The molecule has 0 unspecified atom stereocenters. The minimum atomic E-state index is -0.784. The zero-order valence-corrected chi connectivity index (χ0v) is 10.4. The van der Waals surface area contributed by atoms with E-state index < -0.39 is 22.3 Å². The Hall–Kier alpha value is -2.84. The van der Waals surface area contributed by atoms with Gasteiger partial charge >= 0.3 is 0 Å². The zero-order chi connectivity index (χ0) is 14.7. The molecule has 1 heterocycles. The number of aromatic nitrogens is 3. The van der Waals surface area contributed by atoms with Crippen molar-refractivity contribution in [2.75, 3.05) is 5.32 Å². The monoisotopic (exact) mass is 279 g/mol. The van der Waals surface area contributed by atoms with Gasteiger partial charge in [-0.2, -0.15) is 0 Å². The van der Waals surface area contributed by atoms with E-state index in [0.29, 0.717) is 12.2 Å². The molecule has 0 aliphatic rings. The van der Waals surface area contributed by atoms with Crippen LogP contribution in [-0.4, -0.2) is 26.0 Å². The standard InChI is InChI=1S/C11H10FN5O3/c1-2-9-14-10(16-15-9)11(18)13-7-4-3-6(12)5-8(7)17(19)20/h3-5H,2H2,1H3,(H,13,18)(H,14,15,16). The Balaban J connectivity index is 2.25. The van der Waals surface area contributed by atoms with Crippen LogP contribution >= 0.6 is 0 Å². The number of hydrogen-bond donors (Lipinski definition) is 2. The molecule has 1 aromatic carbocycles. The summed E-state index contributed by atoms with van der Waals surface area (Å²) in [5.74, 6) is -1.10. The molecule has 104 valence electrons. The number of hydrogen-bond acceptors (Lipinski definition) is 5. The summed E-state index contributed by atoms with van der Waals surface area (Å²) in [7, 11) is 0. The highest BCUT2D eigenvalue weighted by atomic mass is 19.1. The number of nitro groups is 1. The maximum Gasteiger partial charge on any atom is 0.295 e. The highest BCUT2D eigenvalue weighted by Crippen LogP contribution is 2.25. The summed E-state index contributed by atoms with van der Waals surface area (Å²) in [6.07, 6.45) is 0.566. The molecule has 2 N–H and O–H groups in total. The summed E-state index contributed by atoms with van der Waals surface area (Å²) < 4.78 is 13.0. The van der Waals surface area contributed by atoms with E-state index in [1.54, 1.807) is 0 Å². The number of halogens is 1. The van der Waals surface area contributed by atoms with Gasteiger partial charge in [0.1, 0.15) is 17.3 Å². The van der Waals surface area contributed by atoms with E-state index in [0.717, 1.165) is 18.2 Å². The molecule has 1 aromatic heterocycles. The Morgan fingerprint density at radius 3 is 2.90 bits per heavy atom. The van der Waals surface area contributed by atoms with Crippen molar-refractivity contribution in [1.82, 2.24) is 15.2 Å². The first kappa shape index (κ1) is 13.6. The van der Waals surface area contributed by atoms with Crippen molar-refractivity contribution < 1.29 is 14.1 Å². The molecule has 0 bridgehead atoms. The van der Waals surface area contributed by atoms with Gasteiger partial charge in [0.05, 0.1) is 11.0 Å². The van der Waals surface area contributed by atoms with Crippen molar-refractivity contribution in [1.29, 1.82) is 0 Å². The molecule has 0 aliphatic carbocycles. The van der Waals surface area contributed by atoms with Crippen LogP contribution in [0.1, 0.15) is 23.4 Å². The lowest BCUT2D eigenvalue weighted by molar-refractivity contribution is -0.384. The molecule has 2 aromatic rings. The summed E-state index contributed by atoms with van der Waals surface area (Å²) in [6, 6.07) is 2.85. The summed E-state index contributed by atoms with van der Waals surface area (Å²) in [5.41, 5.74) is -0.658. The van der Waals surface area contributed by atoms with Crippen LogP contribution in [0.4, 0.5) is 15.8 Å². The molecule has 0 radical (unpaired) electrons. The molecule has 1 amide bonds. The molecule has 0 atom stereocenters. The lowest BCUT2D eigenvalue weighted by atomic mass is 10.2. The molecule has 8 nitrogen and oxygen atoms in total. The minimum Gasteiger partial charge on any atom is -0.313 e. The molecule has 2 rings (SSSR count). The number of carbonyl (C=O) groups excluding carboxylic acids is 1. The van der Waals surface area contributed by atoms with Gasteiger partial charge < -0.3 is 5.32 Å². The molecule has 0 aliphatic heterocycles. The lowest BCUT2D eigenvalue weighted by Crippen LogP contribution is -2.15. The van der Waals surface area contributed by atoms with E-state index in [2.05, 4.69) is 20.5 Å². The second kappa shape index (κ2) is 5.43. The van der Waals surface area contributed by atoms with Crippen LogP contribution in [0.5, 0.6) is 0 Å². The first-order valence-electron chi connectivity index (χ1n) is 5.67. The van der Waals surface area contributed by atoms with Crippen LogP contribution in [0.3, 0.4) is 0 Å². The van der Waals surface area contributed by atoms with Crippen LogP contribution in [0.2, 0.25) is 0 Å². The van der Waals surface area contributed by atoms with Crippen molar-refractivity contribution in [3.05, 3.63) is 45.8 Å². The topological polar surface area (TPSA) is 114 Å². The normalized spacial score (nSPS) is 10.3. The molecule has 0 spiro atoms. The van der Waals surface area contributed by atoms with E-state index in [9.17, 15) is 19.3 Å². The van der Waals surface area contributed by atoms with Crippen LogP contribution in [-0.2, 0) is 6.42 Å². The Morgan fingerprint density at radius 1 is 1.55 bits per heavy atom. The molecule has 0 saturated heterocycles. The minimum absolute atomic E-state index is 0.121. The van der Waals surface area contributed by atoms with Crippen LogP contribution in [0, 0.1) is 15.9 Å². The van der Waals surface area contributed by atoms with Gasteiger partial charge in [-0.3, -0.25) is 20.0 Å². The first-order valence-corrected chi connectivity index (χ1v) is 5.67. The third-order valence-corrected chi connectivity index (χ3v) is 2.47. The average molecular weight is 279 g/mol. The quantitative estimate of drug-likeness (QED) is 0.652. The van der Waals surface area contributed by atoms with Gasteiger partial charge in [0, 0.05) is 6.42 Å². The van der Waals surface area contributed by atoms with Gasteiger partial charge in [0.25, 0.3) is 11.6 Å². The number of nitrogens with zero attached hydrogens (tertiary/aromatic N) is 3. The average Bonchev–Trinajstić information content (AvgIpc) is 2.89. The number of amides is 1. The van der Waals surface area contributed by atoms with E-state index in [1.807, 2.05) is 6.92 Å². The van der Waals surface area contributed by atoms with Crippen molar-refractivity contribution >= 4 is 17.3 Å². The fraction of sp³-hybridized carbons (Fsp3) is 0.182. The van der Waals surface area contributed by atoms with Crippen molar-refractivity contribution in [3.8, 4) is 0 Å². The fourth-order valence-corrected chi connectivity index (χ4v) is 1.49. The maximum atomic E-state index is 13.0. The summed E-state index contributed by atoms with van der Waals surface area (Å²) in [5, 5.41) is 19.3. The first-order chi connectivity index (χ1) is 9.51. The number of nitro benzene ring substituents is 1. The highest BCUT2D eigenvalue weighted by molar-refractivity contribution is 6.02. The Bertz CT molecular complexity index is 670. The number of aromatic amines is 1. The number of H-pyrrole nitrogens is 1. The molecule has 0 saturated carbocycles. The SMILES string of the molecule is CCc1nc(C(=O)Nc2ccc(F)cc2[N+](=O)[O-])n[nH]1. The number of anilines is 1. The van der Waals surface area contributed by atoms with Gasteiger partial charge in [0.2, 0.25) is 5.82 Å². The Labute approximate surface area is 112 Å². The second-order valence-electron chi connectivity index (χ2n) is 3.83. The Morgan fingerprint density at radius 2 is 2.30 bits per heavy atom. The smallest absolute Gasteiger partial charge is 0.295 e. The van der Waals surface area contributed by atoms with E-state index in [1.165, 1.54) is 0 Å². The maximum absolute atomic E-state index is 13.0. The number of benzene rings is 1. The van der Waals surface area contributed by atoms with E-state index in [-0.39, 0.29) is 11.5 Å². The summed E-state index contributed by atoms with van der Waals surface area (Å²) >= 11 is 0. The van der Waals surface area contributed by atoms with Gasteiger partial charge in [-0.05, 0) is 12.1 Å². The number of carbonyl (C=O) groups is 1. The predicted octanol–water partition coefficient (Wildman–Crippen LogP) is 1.67. The molecular formula is C11H10FN5O3. The van der Waals surface area contributed by atoms with Gasteiger partial charge in [-0.25, -0.2) is 9.37 Å². The largest absolute Gasteiger partial charge is 0.313 e. The zero-order valence-electron chi connectivity index (χ0n) is 10.4. The van der Waals surface area contributed by atoms with Crippen LogP contribution in [0.15, 0.2) is 18.2 Å². The number of aryl methyl sites for hydroxylation is 1. The van der Waals surface area contributed by atoms with Crippen molar-refractivity contribution in [2.45, 2.75) is 13.3 Å². The second-order valence-corrected chi connectivity index (χ2v) is 3.83. The molecular weight excluding hydrogens is 269 g/mol.